The maximum atomic E-state index is 11.7. The van der Waals surface area contributed by atoms with E-state index in [-0.39, 0.29) is 13.1 Å². The van der Waals surface area contributed by atoms with Crippen LogP contribution < -0.4 is 10.6 Å². The van der Waals surface area contributed by atoms with Crippen LogP contribution in [0.2, 0.25) is 0 Å². The summed E-state index contributed by atoms with van der Waals surface area (Å²) in [6.45, 7) is -0.260. The second-order valence-corrected chi connectivity index (χ2v) is 2.92. The molecule has 1 aliphatic heterocycles. The first-order chi connectivity index (χ1) is 6.59. The van der Waals surface area contributed by atoms with Gasteiger partial charge in [-0.3, -0.25) is 15.4 Å². The van der Waals surface area contributed by atoms with Crippen molar-refractivity contribution in [2.45, 2.75) is 18.7 Å². The molecule has 1 aliphatic rings. The summed E-state index contributed by atoms with van der Waals surface area (Å²) in [7, 11) is 0. The van der Waals surface area contributed by atoms with Crippen LogP contribution in [0.4, 0.5) is 8.78 Å². The van der Waals surface area contributed by atoms with Crippen molar-refractivity contribution in [1.82, 2.24) is 10.6 Å². The first-order valence-electron chi connectivity index (χ1n) is 4.19. The Morgan fingerprint density at radius 1 is 1.50 bits per heavy atom. The fraction of sp³-hybridized carbons (Fsp3) is 0.857. The minimum absolute atomic E-state index is 0.170. The van der Waals surface area contributed by atoms with E-state index in [0.717, 1.165) is 0 Å². The fourth-order valence-electron chi connectivity index (χ4n) is 1.12. The first-order valence-corrected chi connectivity index (χ1v) is 4.19. The van der Waals surface area contributed by atoms with E-state index < -0.39 is 31.3 Å². The Morgan fingerprint density at radius 3 is 2.64 bits per heavy atom. The fourth-order valence-corrected chi connectivity index (χ4v) is 1.12. The molecule has 1 rings (SSSR count). The largest absolute Gasteiger partial charge is 0.480 e. The number of carbonyl (C=O) groups is 1. The molecule has 2 atom stereocenters. The average molecular weight is 210 g/mol. The number of alkyl halides is 2. The Hall–Kier alpha value is -0.790. The maximum Gasteiger partial charge on any atom is 0.322 e. The summed E-state index contributed by atoms with van der Waals surface area (Å²) in [4.78, 5) is 10.5. The quantitative estimate of drug-likeness (QED) is 0.569. The normalized spacial score (nSPS) is 27.9. The van der Waals surface area contributed by atoms with Gasteiger partial charge in [-0.2, -0.15) is 0 Å². The van der Waals surface area contributed by atoms with Crippen molar-refractivity contribution in [3.63, 3.8) is 0 Å². The molecule has 5 nitrogen and oxygen atoms in total. The Kier molecular flexibility index (Phi) is 4.18. The van der Waals surface area contributed by atoms with Gasteiger partial charge in [0, 0.05) is 13.1 Å². The lowest BCUT2D eigenvalue weighted by Gasteiger charge is -2.28. The molecule has 0 aromatic rings. The predicted molar refractivity (Wildman–Crippen MR) is 43.2 cm³/mol. The molecule has 0 spiro atoms. The number of halogens is 2. The van der Waals surface area contributed by atoms with Gasteiger partial charge in [-0.05, 0) is 0 Å². The molecular weight excluding hydrogens is 198 g/mol. The topological polar surface area (TPSA) is 70.6 Å². The standard InChI is InChI=1S/C7H12F2N2O3/c8-5(9)3-14-6-2-10-4(1-11-6)7(12)13/h4-6,10-11H,1-3H2,(H,12,13). The lowest BCUT2D eigenvalue weighted by molar-refractivity contribution is -0.141. The molecule has 2 unspecified atom stereocenters. The van der Waals surface area contributed by atoms with E-state index in [1.54, 1.807) is 0 Å². The van der Waals surface area contributed by atoms with Gasteiger partial charge in [0.05, 0.1) is 0 Å². The van der Waals surface area contributed by atoms with Crippen molar-refractivity contribution in [2.24, 2.45) is 0 Å². The number of nitrogens with one attached hydrogen (secondary N) is 2. The second-order valence-electron chi connectivity index (χ2n) is 2.92. The highest BCUT2D eigenvalue weighted by Gasteiger charge is 2.25. The molecule has 14 heavy (non-hydrogen) atoms. The van der Waals surface area contributed by atoms with Crippen LogP contribution in [0.3, 0.4) is 0 Å². The lowest BCUT2D eigenvalue weighted by Crippen LogP contribution is -2.58. The summed E-state index contributed by atoms with van der Waals surface area (Å²) in [6.07, 6.45) is -3.05. The van der Waals surface area contributed by atoms with Gasteiger partial charge < -0.3 is 9.84 Å². The third-order valence-electron chi connectivity index (χ3n) is 1.82. The van der Waals surface area contributed by atoms with Crippen LogP contribution in [-0.4, -0.2) is 49.5 Å². The summed E-state index contributed by atoms with van der Waals surface area (Å²) in [5.74, 6) is -0.968. The molecule has 1 fully saturated rings. The zero-order valence-corrected chi connectivity index (χ0v) is 7.37. The zero-order chi connectivity index (χ0) is 10.6. The third kappa shape index (κ3) is 3.52. The van der Waals surface area contributed by atoms with E-state index in [9.17, 15) is 13.6 Å². The van der Waals surface area contributed by atoms with Crippen molar-refractivity contribution in [3.05, 3.63) is 0 Å². The monoisotopic (exact) mass is 210 g/mol. The van der Waals surface area contributed by atoms with Crippen LogP contribution in [0, 0.1) is 0 Å². The molecule has 7 heteroatoms. The zero-order valence-electron chi connectivity index (χ0n) is 7.37. The number of aliphatic carboxylic acids is 1. The summed E-state index contributed by atoms with van der Waals surface area (Å²) in [5.41, 5.74) is 0. The molecule has 0 amide bonds. The number of hydrogen-bond acceptors (Lipinski definition) is 4. The minimum Gasteiger partial charge on any atom is -0.480 e. The number of rotatable bonds is 4. The van der Waals surface area contributed by atoms with Crippen molar-refractivity contribution in [3.8, 4) is 0 Å². The third-order valence-corrected chi connectivity index (χ3v) is 1.82. The van der Waals surface area contributed by atoms with E-state index in [4.69, 9.17) is 9.84 Å². The Balaban J connectivity index is 2.19. The second kappa shape index (κ2) is 5.18. The molecule has 0 aromatic heterocycles. The molecule has 0 radical (unpaired) electrons. The van der Waals surface area contributed by atoms with Crippen LogP contribution in [0.5, 0.6) is 0 Å². The highest BCUT2D eigenvalue weighted by atomic mass is 19.3. The lowest BCUT2D eigenvalue weighted by atomic mass is 10.2. The highest BCUT2D eigenvalue weighted by Crippen LogP contribution is 1.99. The molecule has 0 bridgehead atoms. The van der Waals surface area contributed by atoms with E-state index in [1.807, 2.05) is 0 Å². The van der Waals surface area contributed by atoms with Gasteiger partial charge in [0.25, 0.3) is 6.43 Å². The number of carboxylic acid groups (broad SMARTS) is 1. The van der Waals surface area contributed by atoms with E-state index >= 15 is 0 Å². The van der Waals surface area contributed by atoms with Crippen molar-refractivity contribution < 1.29 is 23.4 Å². The van der Waals surface area contributed by atoms with Gasteiger partial charge >= 0.3 is 5.97 Å². The Bertz CT molecular complexity index is 195. The molecule has 1 saturated heterocycles. The molecule has 82 valence electrons. The maximum absolute atomic E-state index is 11.7. The molecular formula is C7H12F2N2O3. The number of hydrogen-bond donors (Lipinski definition) is 3. The number of ether oxygens (including phenoxy) is 1. The van der Waals surface area contributed by atoms with Gasteiger partial charge in [0.2, 0.25) is 0 Å². The Morgan fingerprint density at radius 2 is 2.21 bits per heavy atom. The first kappa shape index (κ1) is 11.3. The molecule has 3 N–H and O–H groups in total. The molecule has 1 heterocycles. The summed E-state index contributed by atoms with van der Waals surface area (Å²) in [6, 6.07) is -0.679. The Labute approximate surface area is 79.4 Å². The van der Waals surface area contributed by atoms with Gasteiger partial charge in [-0.15, -0.1) is 0 Å². The summed E-state index contributed by atoms with van der Waals surface area (Å²) < 4.78 is 28.2. The van der Waals surface area contributed by atoms with Crippen molar-refractivity contribution >= 4 is 5.97 Å². The smallest absolute Gasteiger partial charge is 0.322 e. The SMILES string of the molecule is O=C(O)C1CNC(OCC(F)F)CN1. The van der Waals surface area contributed by atoms with E-state index in [0.29, 0.717) is 0 Å². The van der Waals surface area contributed by atoms with Gasteiger partial charge in [0.15, 0.2) is 0 Å². The van der Waals surface area contributed by atoms with E-state index in [2.05, 4.69) is 10.6 Å². The van der Waals surface area contributed by atoms with Gasteiger partial charge in [-0.1, -0.05) is 0 Å². The highest BCUT2D eigenvalue weighted by molar-refractivity contribution is 5.73. The van der Waals surface area contributed by atoms with Crippen LogP contribution in [-0.2, 0) is 9.53 Å². The predicted octanol–water partition coefficient (Wildman–Crippen LogP) is -0.760. The average Bonchev–Trinajstić information content (AvgIpc) is 2.15. The van der Waals surface area contributed by atoms with Crippen LogP contribution in [0.25, 0.3) is 0 Å². The number of piperazine rings is 1. The van der Waals surface area contributed by atoms with Gasteiger partial charge in [-0.25, -0.2) is 8.78 Å². The van der Waals surface area contributed by atoms with Crippen LogP contribution in [0.15, 0.2) is 0 Å². The van der Waals surface area contributed by atoms with E-state index in [1.165, 1.54) is 0 Å². The molecule has 0 aromatic carbocycles. The van der Waals surface area contributed by atoms with Crippen molar-refractivity contribution in [1.29, 1.82) is 0 Å². The molecule has 0 saturated carbocycles. The minimum atomic E-state index is -2.51. The van der Waals surface area contributed by atoms with Crippen LogP contribution in [0.1, 0.15) is 0 Å². The van der Waals surface area contributed by atoms with Gasteiger partial charge in [0.1, 0.15) is 18.9 Å². The summed E-state index contributed by atoms with van der Waals surface area (Å²) in [5, 5.41) is 13.9. The summed E-state index contributed by atoms with van der Waals surface area (Å²) >= 11 is 0. The number of carboxylic acids is 1. The van der Waals surface area contributed by atoms with Crippen LogP contribution >= 0.6 is 0 Å². The van der Waals surface area contributed by atoms with Crippen molar-refractivity contribution in [2.75, 3.05) is 19.7 Å². The molecule has 0 aliphatic carbocycles.